The number of nitrogens with one attached hydrogen (secondary N) is 1. The average molecular weight is 304 g/mol. The Hall–Kier alpha value is -0.660. The standard InChI is InChI=1S/C13H24N2O4S/c1-10-6-8-15(9-7-10)20(18,19)14-12-4-2-11(3-5-12)13(16)17/h10-12,14H,2-9H2,1H3,(H,16,17). The molecule has 1 aliphatic heterocycles. The van der Waals surface area contributed by atoms with Gasteiger partial charge in [-0.05, 0) is 44.4 Å². The Balaban J connectivity index is 1.85. The zero-order chi connectivity index (χ0) is 14.8. The lowest BCUT2D eigenvalue weighted by Crippen LogP contribution is -2.49. The molecule has 2 N–H and O–H groups in total. The highest BCUT2D eigenvalue weighted by Gasteiger charge is 2.32. The molecule has 2 aliphatic rings. The second-order valence-corrected chi connectivity index (χ2v) is 7.79. The number of nitrogens with zero attached hydrogens (tertiary/aromatic N) is 1. The molecule has 1 heterocycles. The largest absolute Gasteiger partial charge is 0.481 e. The van der Waals surface area contributed by atoms with E-state index >= 15 is 0 Å². The molecule has 0 bridgehead atoms. The summed E-state index contributed by atoms with van der Waals surface area (Å²) in [7, 11) is -3.41. The van der Waals surface area contributed by atoms with Crippen molar-refractivity contribution in [3.05, 3.63) is 0 Å². The van der Waals surface area contributed by atoms with Crippen LogP contribution in [0.4, 0.5) is 0 Å². The summed E-state index contributed by atoms with van der Waals surface area (Å²) in [5.41, 5.74) is 0. The minimum Gasteiger partial charge on any atom is -0.481 e. The Kier molecular flexibility index (Phi) is 5.04. The van der Waals surface area contributed by atoms with Crippen LogP contribution in [-0.4, -0.2) is 42.9 Å². The molecule has 0 aromatic heterocycles. The molecule has 0 atom stereocenters. The summed E-state index contributed by atoms with van der Waals surface area (Å²) in [5.74, 6) is -0.490. The van der Waals surface area contributed by atoms with Gasteiger partial charge in [-0.3, -0.25) is 4.79 Å². The first-order valence-electron chi connectivity index (χ1n) is 7.38. The molecule has 0 amide bonds. The molecule has 0 radical (unpaired) electrons. The summed E-state index contributed by atoms with van der Waals surface area (Å²) in [6.07, 6.45) is 4.15. The monoisotopic (exact) mass is 304 g/mol. The molecule has 2 rings (SSSR count). The molecule has 6 nitrogen and oxygen atoms in total. The fraction of sp³-hybridized carbons (Fsp3) is 0.923. The number of hydrogen-bond acceptors (Lipinski definition) is 3. The number of carboxylic acids is 1. The fourth-order valence-corrected chi connectivity index (χ4v) is 4.47. The summed E-state index contributed by atoms with van der Waals surface area (Å²) in [6, 6.07) is -0.116. The lowest BCUT2D eigenvalue weighted by molar-refractivity contribution is -0.142. The van der Waals surface area contributed by atoms with Crippen molar-refractivity contribution in [3.8, 4) is 0 Å². The van der Waals surface area contributed by atoms with Gasteiger partial charge in [0.05, 0.1) is 5.92 Å². The molecule has 1 saturated heterocycles. The molecule has 0 spiro atoms. The van der Waals surface area contributed by atoms with Gasteiger partial charge in [0.15, 0.2) is 0 Å². The van der Waals surface area contributed by atoms with Crippen LogP contribution < -0.4 is 4.72 Å². The van der Waals surface area contributed by atoms with E-state index in [0.29, 0.717) is 44.7 Å². The molecule has 0 unspecified atom stereocenters. The summed E-state index contributed by atoms with van der Waals surface area (Å²) in [6.45, 7) is 3.31. The van der Waals surface area contributed by atoms with Crippen LogP contribution in [0.5, 0.6) is 0 Å². The van der Waals surface area contributed by atoms with Crippen molar-refractivity contribution in [2.75, 3.05) is 13.1 Å². The molecule has 7 heteroatoms. The van der Waals surface area contributed by atoms with Gasteiger partial charge in [-0.2, -0.15) is 17.4 Å². The molecular formula is C13H24N2O4S. The number of piperidine rings is 1. The van der Waals surface area contributed by atoms with Crippen LogP contribution in [0.25, 0.3) is 0 Å². The lowest BCUT2D eigenvalue weighted by Gasteiger charge is -2.32. The highest BCUT2D eigenvalue weighted by atomic mass is 32.2. The van der Waals surface area contributed by atoms with E-state index in [1.54, 1.807) is 0 Å². The van der Waals surface area contributed by atoms with Gasteiger partial charge in [0, 0.05) is 19.1 Å². The first-order chi connectivity index (χ1) is 9.38. The van der Waals surface area contributed by atoms with E-state index in [4.69, 9.17) is 5.11 Å². The van der Waals surface area contributed by atoms with Crippen molar-refractivity contribution in [2.24, 2.45) is 11.8 Å². The predicted octanol–water partition coefficient (Wildman–Crippen LogP) is 1.20. The molecule has 0 aromatic carbocycles. The molecule has 20 heavy (non-hydrogen) atoms. The summed E-state index contributed by atoms with van der Waals surface area (Å²) >= 11 is 0. The Morgan fingerprint density at radius 1 is 1.10 bits per heavy atom. The zero-order valence-corrected chi connectivity index (χ0v) is 12.7. The van der Waals surface area contributed by atoms with Gasteiger partial charge in [-0.1, -0.05) is 6.92 Å². The van der Waals surface area contributed by atoms with Crippen LogP contribution in [0, 0.1) is 11.8 Å². The average Bonchev–Trinajstić information content (AvgIpc) is 2.39. The third-order valence-corrected chi connectivity index (χ3v) is 6.15. The topological polar surface area (TPSA) is 86.7 Å². The minimum atomic E-state index is -3.41. The van der Waals surface area contributed by atoms with Crippen molar-refractivity contribution in [1.29, 1.82) is 0 Å². The van der Waals surface area contributed by atoms with Crippen molar-refractivity contribution in [3.63, 3.8) is 0 Å². The van der Waals surface area contributed by atoms with Gasteiger partial charge in [0.1, 0.15) is 0 Å². The highest BCUT2D eigenvalue weighted by molar-refractivity contribution is 7.87. The first-order valence-corrected chi connectivity index (χ1v) is 8.82. The summed E-state index contributed by atoms with van der Waals surface area (Å²) in [5, 5.41) is 8.94. The van der Waals surface area contributed by atoms with Crippen LogP contribution in [0.1, 0.15) is 45.4 Å². The smallest absolute Gasteiger partial charge is 0.306 e. The van der Waals surface area contributed by atoms with E-state index in [-0.39, 0.29) is 12.0 Å². The van der Waals surface area contributed by atoms with Crippen molar-refractivity contribution < 1.29 is 18.3 Å². The summed E-state index contributed by atoms with van der Waals surface area (Å²) in [4.78, 5) is 10.9. The van der Waals surface area contributed by atoms with Gasteiger partial charge in [0.25, 0.3) is 10.2 Å². The zero-order valence-electron chi connectivity index (χ0n) is 11.9. The van der Waals surface area contributed by atoms with Crippen LogP contribution >= 0.6 is 0 Å². The van der Waals surface area contributed by atoms with Crippen LogP contribution in [-0.2, 0) is 15.0 Å². The fourth-order valence-electron chi connectivity index (χ4n) is 2.97. The van der Waals surface area contributed by atoms with Crippen LogP contribution in [0.15, 0.2) is 0 Å². The number of aliphatic carboxylic acids is 1. The van der Waals surface area contributed by atoms with Crippen molar-refractivity contribution in [1.82, 2.24) is 9.03 Å². The number of rotatable bonds is 4. The maximum Gasteiger partial charge on any atom is 0.306 e. The van der Waals surface area contributed by atoms with Crippen LogP contribution in [0.2, 0.25) is 0 Å². The predicted molar refractivity (Wildman–Crippen MR) is 75.4 cm³/mol. The Bertz CT molecular complexity index is 435. The van der Waals surface area contributed by atoms with Crippen molar-refractivity contribution in [2.45, 2.75) is 51.5 Å². The summed E-state index contributed by atoms with van der Waals surface area (Å²) < 4.78 is 28.8. The first kappa shape index (κ1) is 15.7. The van der Waals surface area contributed by atoms with E-state index < -0.39 is 16.2 Å². The number of carbonyl (C=O) groups is 1. The Morgan fingerprint density at radius 2 is 1.65 bits per heavy atom. The second-order valence-electron chi connectivity index (χ2n) is 6.09. The molecule has 1 saturated carbocycles. The van der Waals surface area contributed by atoms with E-state index in [1.807, 2.05) is 0 Å². The third kappa shape index (κ3) is 3.93. The quantitative estimate of drug-likeness (QED) is 0.817. The molecule has 116 valence electrons. The van der Waals surface area contributed by atoms with Gasteiger partial charge >= 0.3 is 5.97 Å². The van der Waals surface area contributed by atoms with E-state index in [2.05, 4.69) is 11.6 Å². The maximum atomic E-state index is 12.3. The number of carboxylic acid groups (broad SMARTS) is 1. The van der Waals surface area contributed by atoms with Gasteiger partial charge in [-0.15, -0.1) is 0 Å². The van der Waals surface area contributed by atoms with Crippen LogP contribution in [0.3, 0.4) is 0 Å². The minimum absolute atomic E-state index is 0.116. The second kappa shape index (κ2) is 6.41. The highest BCUT2D eigenvalue weighted by Crippen LogP contribution is 2.26. The van der Waals surface area contributed by atoms with Gasteiger partial charge in [0.2, 0.25) is 0 Å². The van der Waals surface area contributed by atoms with Gasteiger partial charge < -0.3 is 5.11 Å². The lowest BCUT2D eigenvalue weighted by atomic mass is 9.87. The Morgan fingerprint density at radius 3 is 2.15 bits per heavy atom. The van der Waals surface area contributed by atoms with Gasteiger partial charge in [-0.25, -0.2) is 0 Å². The third-order valence-electron chi connectivity index (χ3n) is 4.47. The van der Waals surface area contributed by atoms with E-state index in [0.717, 1.165) is 12.8 Å². The molecular weight excluding hydrogens is 280 g/mol. The van der Waals surface area contributed by atoms with Crippen molar-refractivity contribution >= 4 is 16.2 Å². The van der Waals surface area contributed by atoms with E-state index in [1.165, 1.54) is 4.31 Å². The number of hydrogen-bond donors (Lipinski definition) is 2. The molecule has 0 aromatic rings. The maximum absolute atomic E-state index is 12.3. The molecule has 1 aliphatic carbocycles. The normalized spacial score (nSPS) is 30.2. The SMILES string of the molecule is CC1CCN(S(=O)(=O)NC2CCC(C(=O)O)CC2)CC1. The van der Waals surface area contributed by atoms with E-state index in [9.17, 15) is 13.2 Å². The molecule has 2 fully saturated rings. The Labute approximate surface area is 120 Å².